The number of hydrogen-bond acceptors (Lipinski definition) is 9. The van der Waals surface area contributed by atoms with Crippen LogP contribution in [0.5, 0.6) is 5.88 Å². The molecule has 180 valence electrons. The van der Waals surface area contributed by atoms with Crippen LogP contribution in [0.3, 0.4) is 0 Å². The number of aliphatic imine (C=N–C) groups is 1. The molecule has 2 heterocycles. The highest BCUT2D eigenvalue weighted by molar-refractivity contribution is 7.93. The van der Waals surface area contributed by atoms with E-state index in [9.17, 15) is 23.1 Å². The molecule has 3 N–H and O–H groups in total. The third-order valence-electron chi connectivity index (χ3n) is 4.86. The minimum atomic E-state index is -3.88. The number of nitrogens with zero attached hydrogens (tertiary/aromatic N) is 4. The molecule has 4 aromatic rings. The fraction of sp³-hybridized carbons (Fsp3) is 0.136. The summed E-state index contributed by atoms with van der Waals surface area (Å²) >= 11 is 1.15. The molecule has 0 aliphatic carbocycles. The first kappa shape index (κ1) is 24.0. The number of sulfonamides is 1. The monoisotopic (exact) mass is 512 g/mol. The van der Waals surface area contributed by atoms with Crippen LogP contribution in [0.1, 0.15) is 23.1 Å². The summed E-state index contributed by atoms with van der Waals surface area (Å²) in [7, 11) is -3.88. The van der Waals surface area contributed by atoms with Gasteiger partial charge in [0.05, 0.1) is 16.3 Å². The van der Waals surface area contributed by atoms with Crippen molar-refractivity contribution in [3.8, 4) is 11.6 Å². The Labute approximate surface area is 203 Å². The fourth-order valence-corrected chi connectivity index (χ4v) is 5.03. The third kappa shape index (κ3) is 5.20. The fourth-order valence-electron chi connectivity index (χ4n) is 3.12. The van der Waals surface area contributed by atoms with Crippen LogP contribution >= 0.6 is 11.3 Å². The Morgan fingerprint density at radius 2 is 1.91 bits per heavy atom. The van der Waals surface area contributed by atoms with Gasteiger partial charge in [-0.05, 0) is 55.3 Å². The van der Waals surface area contributed by atoms with Crippen molar-refractivity contribution in [2.24, 2.45) is 4.99 Å². The Kier molecular flexibility index (Phi) is 6.62. The van der Waals surface area contributed by atoms with Crippen molar-refractivity contribution in [2.45, 2.75) is 25.2 Å². The smallest absolute Gasteiger partial charge is 0.335 e. The quantitative estimate of drug-likeness (QED) is 0.321. The van der Waals surface area contributed by atoms with Crippen LogP contribution in [0, 0.1) is 6.92 Å². The Morgan fingerprint density at radius 1 is 1.17 bits per heavy atom. The van der Waals surface area contributed by atoms with Crippen molar-refractivity contribution in [3.05, 3.63) is 85.5 Å². The maximum atomic E-state index is 12.6. The molecule has 11 nitrogen and oxygen atoms in total. The minimum Gasteiger partial charge on any atom is -0.493 e. The van der Waals surface area contributed by atoms with Crippen LogP contribution in [0.25, 0.3) is 5.69 Å². The molecule has 0 bridgehead atoms. The summed E-state index contributed by atoms with van der Waals surface area (Å²) in [5.41, 5.74) is -0.280. The molecular formula is C22H20N6O5S2. The number of rotatable bonds is 7. The highest BCUT2D eigenvalue weighted by Gasteiger charge is 2.17. The number of benzene rings is 2. The predicted octanol–water partition coefficient (Wildman–Crippen LogP) is 2.51. The topological polar surface area (TPSA) is 159 Å². The molecule has 35 heavy (non-hydrogen) atoms. The SMILES string of the molecule is CCc1nnc(NS(=O)(=O)c2ccc(N=Cc3c(O)n(-c4cccc(C)c4)c(=O)[nH]c3=O)cc2)s1. The molecule has 0 spiro atoms. The number of nitrogens with one attached hydrogen (secondary N) is 2. The van der Waals surface area contributed by atoms with Crippen LogP contribution in [0.2, 0.25) is 0 Å². The first-order chi connectivity index (χ1) is 16.7. The van der Waals surface area contributed by atoms with Crippen molar-refractivity contribution in [1.29, 1.82) is 0 Å². The van der Waals surface area contributed by atoms with Gasteiger partial charge in [-0.3, -0.25) is 19.5 Å². The highest BCUT2D eigenvalue weighted by atomic mass is 32.2. The minimum absolute atomic E-state index is 0.0154. The van der Waals surface area contributed by atoms with Gasteiger partial charge in [0.1, 0.15) is 10.6 Å². The summed E-state index contributed by atoms with van der Waals surface area (Å²) in [6, 6.07) is 12.4. The van der Waals surface area contributed by atoms with E-state index < -0.39 is 27.2 Å². The van der Waals surface area contributed by atoms with E-state index in [4.69, 9.17) is 0 Å². The average molecular weight is 513 g/mol. The summed E-state index contributed by atoms with van der Waals surface area (Å²) in [4.78, 5) is 30.9. The van der Waals surface area contributed by atoms with E-state index >= 15 is 0 Å². The van der Waals surface area contributed by atoms with Gasteiger partial charge in [0.15, 0.2) is 0 Å². The first-order valence-corrected chi connectivity index (χ1v) is 12.6. The predicted molar refractivity (Wildman–Crippen MR) is 133 cm³/mol. The Morgan fingerprint density at radius 3 is 2.57 bits per heavy atom. The van der Waals surface area contributed by atoms with Gasteiger partial charge in [-0.2, -0.15) is 0 Å². The van der Waals surface area contributed by atoms with Gasteiger partial charge in [0.2, 0.25) is 11.0 Å². The molecular weight excluding hydrogens is 492 g/mol. The summed E-state index contributed by atoms with van der Waals surface area (Å²) in [5, 5.41) is 19.2. The first-order valence-electron chi connectivity index (χ1n) is 10.3. The number of hydrogen-bond donors (Lipinski definition) is 3. The van der Waals surface area contributed by atoms with Crippen molar-refractivity contribution in [3.63, 3.8) is 0 Å². The standard InChI is InChI=1S/C22H20N6O5S2/c1-3-18-25-26-21(34-18)27-35(32,33)16-9-7-14(8-10-16)23-12-17-19(29)24-22(31)28(20(17)30)15-6-4-5-13(2)11-15/h4-12,30H,3H2,1-2H3,(H,26,27)(H,24,29,31). The van der Waals surface area contributed by atoms with E-state index in [0.717, 1.165) is 27.7 Å². The van der Waals surface area contributed by atoms with E-state index in [0.29, 0.717) is 22.8 Å². The number of aromatic amines is 1. The number of anilines is 1. The van der Waals surface area contributed by atoms with Gasteiger partial charge in [0.25, 0.3) is 15.6 Å². The Hall–Kier alpha value is -4.10. The number of aryl methyl sites for hydroxylation is 2. The van der Waals surface area contributed by atoms with Gasteiger partial charge in [0, 0.05) is 6.21 Å². The maximum absolute atomic E-state index is 12.6. The highest BCUT2D eigenvalue weighted by Crippen LogP contribution is 2.22. The van der Waals surface area contributed by atoms with Gasteiger partial charge in [-0.1, -0.05) is 30.4 Å². The van der Waals surface area contributed by atoms with E-state index in [2.05, 4.69) is 24.9 Å². The lowest BCUT2D eigenvalue weighted by molar-refractivity contribution is 0.430. The molecule has 0 saturated heterocycles. The molecule has 13 heteroatoms. The molecule has 0 amide bonds. The largest absolute Gasteiger partial charge is 0.493 e. The molecule has 4 rings (SSSR count). The molecule has 0 unspecified atom stereocenters. The molecule has 0 aliphatic heterocycles. The van der Waals surface area contributed by atoms with E-state index in [1.807, 2.05) is 19.9 Å². The zero-order chi connectivity index (χ0) is 25.2. The third-order valence-corrected chi connectivity index (χ3v) is 7.33. The summed E-state index contributed by atoms with van der Waals surface area (Å²) in [6.07, 6.45) is 1.75. The van der Waals surface area contributed by atoms with Crippen molar-refractivity contribution >= 4 is 38.4 Å². The molecule has 0 saturated carbocycles. The van der Waals surface area contributed by atoms with E-state index in [1.165, 1.54) is 24.3 Å². The van der Waals surface area contributed by atoms with Crippen LogP contribution < -0.4 is 16.0 Å². The van der Waals surface area contributed by atoms with E-state index in [1.54, 1.807) is 18.2 Å². The number of H-pyrrole nitrogens is 1. The molecule has 0 fully saturated rings. The van der Waals surface area contributed by atoms with Gasteiger partial charge in [-0.25, -0.2) is 17.8 Å². The van der Waals surface area contributed by atoms with Crippen LogP contribution in [-0.2, 0) is 16.4 Å². The second-order valence-corrected chi connectivity index (χ2v) is 10.1. The van der Waals surface area contributed by atoms with Gasteiger partial charge in [-0.15, -0.1) is 10.2 Å². The number of aromatic hydroxyl groups is 1. The zero-order valence-electron chi connectivity index (χ0n) is 18.6. The maximum Gasteiger partial charge on any atom is 0.335 e. The van der Waals surface area contributed by atoms with Crippen molar-refractivity contribution < 1.29 is 13.5 Å². The molecule has 2 aromatic heterocycles. The molecule has 0 radical (unpaired) electrons. The average Bonchev–Trinajstić information content (AvgIpc) is 3.26. The Balaban J connectivity index is 1.60. The normalized spacial score (nSPS) is 11.7. The zero-order valence-corrected chi connectivity index (χ0v) is 20.2. The summed E-state index contributed by atoms with van der Waals surface area (Å²) < 4.78 is 28.5. The van der Waals surface area contributed by atoms with Crippen LogP contribution in [0.4, 0.5) is 10.8 Å². The Bertz CT molecular complexity index is 1640. The molecule has 2 aromatic carbocycles. The van der Waals surface area contributed by atoms with Gasteiger partial charge < -0.3 is 5.11 Å². The lowest BCUT2D eigenvalue weighted by Crippen LogP contribution is -2.31. The molecule has 0 aliphatic rings. The summed E-state index contributed by atoms with van der Waals surface area (Å²) in [5.74, 6) is -0.569. The van der Waals surface area contributed by atoms with Crippen LogP contribution in [-0.4, -0.2) is 39.5 Å². The van der Waals surface area contributed by atoms with Gasteiger partial charge >= 0.3 is 5.69 Å². The molecule has 0 atom stereocenters. The van der Waals surface area contributed by atoms with E-state index in [-0.39, 0.29) is 15.6 Å². The number of aromatic nitrogens is 4. The van der Waals surface area contributed by atoms with Crippen LogP contribution in [0.15, 0.2) is 68.0 Å². The van der Waals surface area contributed by atoms with Crippen molar-refractivity contribution in [1.82, 2.24) is 19.7 Å². The lowest BCUT2D eigenvalue weighted by atomic mass is 10.2. The lowest BCUT2D eigenvalue weighted by Gasteiger charge is -2.10. The summed E-state index contributed by atoms with van der Waals surface area (Å²) in [6.45, 7) is 3.72. The second kappa shape index (κ2) is 9.64. The second-order valence-electron chi connectivity index (χ2n) is 7.38. The van der Waals surface area contributed by atoms with Crippen molar-refractivity contribution in [2.75, 3.05) is 4.72 Å².